The second kappa shape index (κ2) is 8.35. The lowest BCUT2D eigenvalue weighted by molar-refractivity contribution is 0.340. The van der Waals surface area contributed by atoms with Gasteiger partial charge in [-0.25, -0.2) is 4.99 Å². The van der Waals surface area contributed by atoms with E-state index in [2.05, 4.69) is 24.0 Å². The van der Waals surface area contributed by atoms with Crippen LogP contribution < -0.4 is 10.1 Å². The number of aromatic nitrogens is 2. The average Bonchev–Trinajstić information content (AvgIpc) is 3.18. The van der Waals surface area contributed by atoms with Crippen molar-refractivity contribution in [2.75, 3.05) is 6.61 Å². The Kier molecular flexibility index (Phi) is 5.65. The molecule has 0 aliphatic rings. The summed E-state index contributed by atoms with van der Waals surface area (Å²) in [5.41, 5.74) is 1.63. The Bertz CT molecular complexity index is 1210. The molecule has 0 amide bonds. The molecule has 0 atom stereocenters. The van der Waals surface area contributed by atoms with Crippen LogP contribution in [0.2, 0.25) is 5.02 Å². The van der Waals surface area contributed by atoms with Gasteiger partial charge in [0, 0.05) is 28.0 Å². The molecule has 0 bridgehead atoms. The number of halogens is 1. The van der Waals surface area contributed by atoms with Crippen LogP contribution in [0.5, 0.6) is 5.75 Å². The Labute approximate surface area is 177 Å². The molecule has 4 rings (SSSR count). The van der Waals surface area contributed by atoms with Crippen molar-refractivity contribution in [2.45, 2.75) is 26.7 Å². The van der Waals surface area contributed by atoms with Gasteiger partial charge in [0.25, 0.3) is 0 Å². The second-order valence-corrected chi connectivity index (χ2v) is 8.21. The van der Waals surface area contributed by atoms with Crippen molar-refractivity contribution in [2.24, 2.45) is 4.99 Å². The molecule has 0 radical (unpaired) electrons. The van der Waals surface area contributed by atoms with E-state index in [0.717, 1.165) is 27.1 Å². The summed E-state index contributed by atoms with van der Waals surface area (Å²) in [6, 6.07) is 15.2. The Balaban J connectivity index is 1.93. The maximum Gasteiger partial charge on any atom is 0.232 e. The standard InChI is InChI=1S/C22H20ClN3O2S/c1-4-27-16-9-10-19-17(11-16)18(24-22-26-25-21(29-22)13(2)3)12-20(28-19)14-5-7-15(23)8-6-14/h5-13H,4H2,1-3H3/b24-18+. The highest BCUT2D eigenvalue weighted by atomic mass is 35.5. The molecule has 2 heterocycles. The molecule has 148 valence electrons. The number of hydrogen-bond acceptors (Lipinski definition) is 6. The zero-order valence-electron chi connectivity index (χ0n) is 16.3. The van der Waals surface area contributed by atoms with E-state index in [1.54, 1.807) is 0 Å². The highest BCUT2D eigenvalue weighted by Crippen LogP contribution is 2.28. The smallest absolute Gasteiger partial charge is 0.232 e. The molecule has 29 heavy (non-hydrogen) atoms. The zero-order valence-corrected chi connectivity index (χ0v) is 17.9. The van der Waals surface area contributed by atoms with Crippen molar-refractivity contribution in [1.82, 2.24) is 10.2 Å². The molecule has 0 fully saturated rings. The Morgan fingerprint density at radius 2 is 1.90 bits per heavy atom. The van der Waals surface area contributed by atoms with Crippen LogP contribution in [0, 0.1) is 0 Å². The lowest BCUT2D eigenvalue weighted by Gasteiger charge is -2.07. The fraction of sp³-hybridized carbons (Fsp3) is 0.227. The molecule has 7 heteroatoms. The van der Waals surface area contributed by atoms with Crippen molar-refractivity contribution >= 4 is 39.0 Å². The third-order valence-corrected chi connectivity index (χ3v) is 5.66. The van der Waals surface area contributed by atoms with Crippen LogP contribution >= 0.6 is 22.9 Å². The molecule has 0 N–H and O–H groups in total. The van der Waals surface area contributed by atoms with Crippen LogP contribution in [0.1, 0.15) is 31.7 Å². The van der Waals surface area contributed by atoms with Gasteiger partial charge in [-0.3, -0.25) is 0 Å². The fourth-order valence-electron chi connectivity index (χ4n) is 2.86. The van der Waals surface area contributed by atoms with E-state index in [4.69, 9.17) is 25.7 Å². The summed E-state index contributed by atoms with van der Waals surface area (Å²) in [5, 5.41) is 12.3. The van der Waals surface area contributed by atoms with Gasteiger partial charge in [0.15, 0.2) is 0 Å². The largest absolute Gasteiger partial charge is 0.494 e. The number of fused-ring (bicyclic) bond motifs is 1. The minimum Gasteiger partial charge on any atom is -0.494 e. The van der Waals surface area contributed by atoms with E-state index >= 15 is 0 Å². The minimum atomic E-state index is 0.313. The first kappa shape index (κ1) is 19.6. The van der Waals surface area contributed by atoms with E-state index in [-0.39, 0.29) is 0 Å². The Morgan fingerprint density at radius 1 is 1.10 bits per heavy atom. The normalized spacial score (nSPS) is 12.1. The molecule has 0 aliphatic carbocycles. The third kappa shape index (κ3) is 4.33. The minimum absolute atomic E-state index is 0.313. The summed E-state index contributed by atoms with van der Waals surface area (Å²) in [7, 11) is 0. The maximum absolute atomic E-state index is 6.15. The molecule has 0 saturated heterocycles. The van der Waals surface area contributed by atoms with Crippen molar-refractivity contribution in [1.29, 1.82) is 0 Å². The first-order valence-corrected chi connectivity index (χ1v) is 10.6. The fourth-order valence-corrected chi connectivity index (χ4v) is 3.72. The summed E-state index contributed by atoms with van der Waals surface area (Å²) in [4.78, 5) is 4.78. The van der Waals surface area contributed by atoms with Crippen molar-refractivity contribution in [3.63, 3.8) is 0 Å². The molecule has 0 saturated carbocycles. The van der Waals surface area contributed by atoms with Crippen molar-refractivity contribution in [3.8, 4) is 17.1 Å². The predicted octanol–water partition coefficient (Wildman–Crippen LogP) is 6.36. The molecular weight excluding hydrogens is 406 g/mol. The molecule has 2 aromatic heterocycles. The molecule has 0 spiro atoms. The number of ether oxygens (including phenoxy) is 1. The van der Waals surface area contributed by atoms with Crippen molar-refractivity contribution < 1.29 is 9.15 Å². The average molecular weight is 426 g/mol. The van der Waals surface area contributed by atoms with E-state index in [1.165, 1.54) is 11.3 Å². The van der Waals surface area contributed by atoms with E-state index in [9.17, 15) is 0 Å². The quantitative estimate of drug-likeness (QED) is 0.373. The maximum atomic E-state index is 6.15. The predicted molar refractivity (Wildman–Crippen MR) is 117 cm³/mol. The number of rotatable bonds is 5. The Morgan fingerprint density at radius 3 is 2.59 bits per heavy atom. The monoisotopic (exact) mass is 425 g/mol. The van der Waals surface area contributed by atoms with Gasteiger partial charge in [-0.15, -0.1) is 10.2 Å². The van der Waals surface area contributed by atoms with E-state index in [0.29, 0.717) is 34.0 Å². The summed E-state index contributed by atoms with van der Waals surface area (Å²) in [6.45, 7) is 6.73. The van der Waals surface area contributed by atoms with Gasteiger partial charge in [0.1, 0.15) is 22.1 Å². The topological polar surface area (TPSA) is 60.5 Å². The summed E-state index contributed by atoms with van der Waals surface area (Å²) in [6.07, 6.45) is 0. The van der Waals surface area contributed by atoms with Crippen LogP contribution in [-0.2, 0) is 0 Å². The van der Waals surface area contributed by atoms with Crippen LogP contribution in [0.15, 0.2) is 57.9 Å². The molecule has 0 aliphatic heterocycles. The van der Waals surface area contributed by atoms with Crippen LogP contribution in [0.3, 0.4) is 0 Å². The van der Waals surface area contributed by atoms with Gasteiger partial charge in [0.05, 0.1) is 12.0 Å². The third-order valence-electron chi connectivity index (χ3n) is 4.29. The second-order valence-electron chi connectivity index (χ2n) is 6.78. The summed E-state index contributed by atoms with van der Waals surface area (Å²) < 4.78 is 11.8. The SMILES string of the molecule is CCOc1ccc2oc(-c3ccc(Cl)cc3)c/c(=N\c3nnc(C(C)C)s3)c2c1. The Hall–Kier alpha value is -2.70. The number of nitrogens with zero attached hydrogens (tertiary/aromatic N) is 3. The molecule has 5 nitrogen and oxygen atoms in total. The van der Waals surface area contributed by atoms with Crippen molar-refractivity contribution in [3.05, 3.63) is 63.9 Å². The molecule has 4 aromatic rings. The number of hydrogen-bond donors (Lipinski definition) is 0. The summed E-state index contributed by atoms with van der Waals surface area (Å²) >= 11 is 7.53. The molecule has 0 unspecified atom stereocenters. The molecular formula is C22H20ClN3O2S. The number of benzene rings is 2. The van der Waals surface area contributed by atoms with Gasteiger partial charge in [0.2, 0.25) is 5.13 Å². The highest BCUT2D eigenvalue weighted by molar-refractivity contribution is 7.15. The van der Waals surface area contributed by atoms with E-state index in [1.807, 2.05) is 55.5 Å². The lowest BCUT2D eigenvalue weighted by atomic mass is 10.1. The lowest BCUT2D eigenvalue weighted by Crippen LogP contribution is -2.04. The van der Waals surface area contributed by atoms with Crippen LogP contribution in [-0.4, -0.2) is 16.8 Å². The first-order valence-electron chi connectivity index (χ1n) is 9.38. The first-order chi connectivity index (χ1) is 14.0. The molecule has 2 aromatic carbocycles. The van der Waals surface area contributed by atoms with Gasteiger partial charge in [-0.1, -0.05) is 36.8 Å². The van der Waals surface area contributed by atoms with Gasteiger partial charge < -0.3 is 9.15 Å². The van der Waals surface area contributed by atoms with Crippen LogP contribution in [0.25, 0.3) is 22.3 Å². The van der Waals surface area contributed by atoms with Crippen LogP contribution in [0.4, 0.5) is 5.13 Å². The van der Waals surface area contributed by atoms with Gasteiger partial charge in [-0.05, 0) is 49.4 Å². The highest BCUT2D eigenvalue weighted by Gasteiger charge is 2.10. The van der Waals surface area contributed by atoms with Gasteiger partial charge in [-0.2, -0.15) is 0 Å². The van der Waals surface area contributed by atoms with E-state index < -0.39 is 0 Å². The zero-order chi connectivity index (χ0) is 20.4. The summed E-state index contributed by atoms with van der Waals surface area (Å²) in [5.74, 6) is 1.78. The van der Waals surface area contributed by atoms with Gasteiger partial charge >= 0.3 is 0 Å².